The van der Waals surface area contributed by atoms with E-state index in [9.17, 15) is 10.1 Å². The van der Waals surface area contributed by atoms with Crippen LogP contribution in [0, 0.1) is 11.3 Å². The first-order valence-corrected chi connectivity index (χ1v) is 11.3. The summed E-state index contributed by atoms with van der Waals surface area (Å²) in [5, 5.41) is 17.9. The van der Waals surface area contributed by atoms with Gasteiger partial charge in [-0.15, -0.1) is 0 Å². The molecule has 0 aliphatic carbocycles. The van der Waals surface area contributed by atoms with Crippen LogP contribution in [0.1, 0.15) is 90.9 Å². The average Bonchev–Trinajstić information content (AvgIpc) is 2.54. The molecule has 1 atom stereocenters. The van der Waals surface area contributed by atoms with Gasteiger partial charge in [-0.1, -0.05) is 86.3 Å². The SMILES string of the molecule is CCCCCCCCCCCCSSC(C)(C#N)CCC(=O)O. The molecule has 0 heterocycles. The predicted molar refractivity (Wildman–Crippen MR) is 103 cm³/mol. The van der Waals surface area contributed by atoms with Gasteiger partial charge < -0.3 is 5.11 Å². The Bertz CT molecular complexity index is 344. The lowest BCUT2D eigenvalue weighted by Gasteiger charge is -2.18. The van der Waals surface area contributed by atoms with Crippen molar-refractivity contribution in [1.29, 1.82) is 5.26 Å². The van der Waals surface area contributed by atoms with Gasteiger partial charge in [0.05, 0.1) is 6.07 Å². The Hall–Kier alpha value is -0.340. The van der Waals surface area contributed by atoms with E-state index in [0.29, 0.717) is 6.42 Å². The molecule has 0 rings (SSSR count). The fourth-order valence-corrected chi connectivity index (χ4v) is 4.92. The number of unbranched alkanes of at least 4 members (excludes halogenated alkanes) is 9. The van der Waals surface area contributed by atoms with Gasteiger partial charge in [0.15, 0.2) is 0 Å². The second kappa shape index (κ2) is 15.2. The Balaban J connectivity index is 3.44. The van der Waals surface area contributed by atoms with Crippen LogP contribution in [-0.2, 0) is 4.79 Å². The molecular weight excluding hydrogens is 326 g/mol. The van der Waals surface area contributed by atoms with Crippen molar-refractivity contribution in [2.75, 3.05) is 5.75 Å². The summed E-state index contributed by atoms with van der Waals surface area (Å²) in [5.74, 6) is 0.220. The van der Waals surface area contributed by atoms with Crippen molar-refractivity contribution in [3.63, 3.8) is 0 Å². The minimum absolute atomic E-state index is 0.0654. The van der Waals surface area contributed by atoms with E-state index in [0.717, 1.165) is 5.75 Å². The first-order chi connectivity index (χ1) is 11.0. The number of hydrogen-bond acceptors (Lipinski definition) is 4. The number of nitrogens with zero attached hydrogens (tertiary/aromatic N) is 1. The van der Waals surface area contributed by atoms with Crippen molar-refractivity contribution in [1.82, 2.24) is 0 Å². The zero-order chi connectivity index (χ0) is 17.4. The molecule has 0 fully saturated rings. The van der Waals surface area contributed by atoms with E-state index in [2.05, 4.69) is 13.0 Å². The average molecular weight is 360 g/mol. The highest BCUT2D eigenvalue weighted by atomic mass is 33.1. The van der Waals surface area contributed by atoms with Crippen molar-refractivity contribution in [2.45, 2.75) is 95.6 Å². The Kier molecular flexibility index (Phi) is 15.0. The van der Waals surface area contributed by atoms with E-state index in [4.69, 9.17) is 5.11 Å². The molecule has 0 aliphatic rings. The van der Waals surface area contributed by atoms with Gasteiger partial charge >= 0.3 is 5.97 Å². The largest absolute Gasteiger partial charge is 0.481 e. The number of nitriles is 1. The predicted octanol–water partition coefficient (Wildman–Crippen LogP) is 6.44. The number of carboxylic acid groups (broad SMARTS) is 1. The molecule has 0 aromatic carbocycles. The fraction of sp³-hybridized carbons (Fsp3) is 0.889. The second-order valence-electron chi connectivity index (χ2n) is 6.32. The summed E-state index contributed by atoms with van der Waals surface area (Å²) in [4.78, 5) is 10.6. The van der Waals surface area contributed by atoms with Gasteiger partial charge in [0.2, 0.25) is 0 Å². The lowest BCUT2D eigenvalue weighted by molar-refractivity contribution is -0.137. The number of aliphatic carboxylic acids is 1. The fourth-order valence-electron chi connectivity index (χ4n) is 2.28. The molecular formula is C18H33NO2S2. The third-order valence-electron chi connectivity index (χ3n) is 3.88. The molecule has 1 unspecified atom stereocenters. The van der Waals surface area contributed by atoms with Crippen LogP contribution < -0.4 is 0 Å². The van der Waals surface area contributed by atoms with E-state index in [1.54, 1.807) is 10.8 Å². The van der Waals surface area contributed by atoms with Gasteiger partial charge in [-0.3, -0.25) is 4.79 Å². The smallest absolute Gasteiger partial charge is 0.303 e. The van der Waals surface area contributed by atoms with E-state index in [1.165, 1.54) is 75.0 Å². The third kappa shape index (κ3) is 15.0. The number of carbonyl (C=O) groups is 1. The highest BCUT2D eigenvalue weighted by Crippen LogP contribution is 2.39. The maximum Gasteiger partial charge on any atom is 0.303 e. The molecule has 0 bridgehead atoms. The Morgan fingerprint density at radius 3 is 2.04 bits per heavy atom. The van der Waals surface area contributed by atoms with Gasteiger partial charge in [0, 0.05) is 12.2 Å². The van der Waals surface area contributed by atoms with Crippen LogP contribution >= 0.6 is 21.6 Å². The molecule has 0 saturated carbocycles. The normalized spacial score (nSPS) is 13.4. The molecule has 0 spiro atoms. The second-order valence-corrected chi connectivity index (χ2v) is 9.24. The van der Waals surface area contributed by atoms with Crippen molar-refractivity contribution >= 4 is 27.6 Å². The van der Waals surface area contributed by atoms with Crippen molar-refractivity contribution in [3.05, 3.63) is 0 Å². The number of carboxylic acids is 1. The van der Waals surface area contributed by atoms with Gasteiger partial charge in [0.1, 0.15) is 4.75 Å². The number of hydrogen-bond donors (Lipinski definition) is 1. The van der Waals surface area contributed by atoms with Gasteiger partial charge in [0.25, 0.3) is 0 Å². The number of rotatable bonds is 16. The van der Waals surface area contributed by atoms with Crippen LogP contribution in [-0.4, -0.2) is 21.6 Å². The topological polar surface area (TPSA) is 61.1 Å². The van der Waals surface area contributed by atoms with E-state index < -0.39 is 10.7 Å². The highest BCUT2D eigenvalue weighted by Gasteiger charge is 2.25. The van der Waals surface area contributed by atoms with Crippen LogP contribution in [0.5, 0.6) is 0 Å². The van der Waals surface area contributed by atoms with Gasteiger partial charge in [-0.05, 0) is 19.8 Å². The van der Waals surface area contributed by atoms with Crippen LogP contribution in [0.3, 0.4) is 0 Å². The first-order valence-electron chi connectivity index (χ1n) is 8.98. The monoisotopic (exact) mass is 359 g/mol. The lowest BCUT2D eigenvalue weighted by Crippen LogP contribution is -2.17. The summed E-state index contributed by atoms with van der Waals surface area (Å²) in [7, 11) is 3.25. The minimum Gasteiger partial charge on any atom is -0.481 e. The summed E-state index contributed by atoms with van der Waals surface area (Å²) >= 11 is 0. The molecule has 0 saturated heterocycles. The van der Waals surface area contributed by atoms with Crippen molar-refractivity contribution < 1.29 is 9.90 Å². The molecule has 0 aromatic heterocycles. The van der Waals surface area contributed by atoms with Crippen molar-refractivity contribution in [2.24, 2.45) is 0 Å². The van der Waals surface area contributed by atoms with Crippen LogP contribution in [0.15, 0.2) is 0 Å². The molecule has 0 aromatic rings. The lowest BCUT2D eigenvalue weighted by atomic mass is 10.1. The summed E-state index contributed by atoms with van der Waals surface area (Å²) in [6, 6.07) is 2.25. The maximum absolute atomic E-state index is 10.6. The highest BCUT2D eigenvalue weighted by molar-refractivity contribution is 8.77. The van der Waals surface area contributed by atoms with Crippen LogP contribution in [0.4, 0.5) is 0 Å². The zero-order valence-electron chi connectivity index (χ0n) is 14.8. The van der Waals surface area contributed by atoms with E-state index in [-0.39, 0.29) is 6.42 Å². The molecule has 23 heavy (non-hydrogen) atoms. The van der Waals surface area contributed by atoms with Crippen LogP contribution in [0.2, 0.25) is 0 Å². The van der Waals surface area contributed by atoms with E-state index >= 15 is 0 Å². The summed E-state index contributed by atoms with van der Waals surface area (Å²) in [5.41, 5.74) is 0. The zero-order valence-corrected chi connectivity index (χ0v) is 16.4. The third-order valence-corrected chi connectivity index (χ3v) is 7.07. The maximum atomic E-state index is 10.6. The molecule has 0 aliphatic heterocycles. The molecule has 1 N–H and O–H groups in total. The summed E-state index contributed by atoms with van der Waals surface area (Å²) < 4.78 is -0.582. The summed E-state index contributed by atoms with van der Waals surface area (Å²) in [6.45, 7) is 4.09. The Morgan fingerprint density at radius 1 is 1.04 bits per heavy atom. The first kappa shape index (κ1) is 22.7. The van der Waals surface area contributed by atoms with E-state index in [1.807, 2.05) is 6.92 Å². The van der Waals surface area contributed by atoms with Crippen molar-refractivity contribution in [3.8, 4) is 6.07 Å². The minimum atomic E-state index is -0.827. The molecule has 5 heteroatoms. The van der Waals surface area contributed by atoms with Gasteiger partial charge in [-0.25, -0.2) is 0 Å². The molecule has 0 amide bonds. The molecule has 0 radical (unpaired) electrons. The molecule has 134 valence electrons. The van der Waals surface area contributed by atoms with Crippen LogP contribution in [0.25, 0.3) is 0 Å². The quantitative estimate of drug-likeness (QED) is 0.254. The van der Waals surface area contributed by atoms with Gasteiger partial charge in [-0.2, -0.15) is 5.26 Å². The Labute approximate surface area is 150 Å². The Morgan fingerprint density at radius 2 is 1.57 bits per heavy atom. The summed E-state index contributed by atoms with van der Waals surface area (Å²) in [6.07, 6.45) is 13.8. The molecule has 3 nitrogen and oxygen atoms in total. The standard InChI is InChI=1S/C18H33NO2S2/c1-3-4-5-6-7-8-9-10-11-12-15-22-23-18(2,16-19)14-13-17(20)21/h3-15H2,1-2H3,(H,20,21).